The lowest BCUT2D eigenvalue weighted by Gasteiger charge is -2.13. The van der Waals surface area contributed by atoms with E-state index in [9.17, 15) is 14.4 Å². The Balaban J connectivity index is 1.99. The van der Waals surface area contributed by atoms with Crippen LogP contribution in [0.3, 0.4) is 0 Å². The number of benzene rings is 1. The number of aromatic nitrogens is 1. The first-order chi connectivity index (χ1) is 13.2. The molecule has 7 nitrogen and oxygen atoms in total. The van der Waals surface area contributed by atoms with E-state index in [1.54, 1.807) is 6.07 Å². The van der Waals surface area contributed by atoms with E-state index < -0.39 is 11.9 Å². The smallest absolute Gasteiger partial charge is 0.338 e. The van der Waals surface area contributed by atoms with Gasteiger partial charge < -0.3 is 14.6 Å². The molecule has 2 aromatic rings. The SMILES string of the molecule is Cc1cc(C(=O)COC(=O)c2ccc(NC(=O)CC#N)cc2)c(C)n1C(C)C. The molecular weight excluding hydrogens is 358 g/mol. The Morgan fingerprint density at radius 3 is 2.36 bits per heavy atom. The van der Waals surface area contributed by atoms with Gasteiger partial charge in [-0.1, -0.05) is 0 Å². The second-order valence-electron chi connectivity index (χ2n) is 6.71. The van der Waals surface area contributed by atoms with Crippen molar-refractivity contribution in [2.45, 2.75) is 40.2 Å². The summed E-state index contributed by atoms with van der Waals surface area (Å²) in [6, 6.07) is 9.83. The largest absolute Gasteiger partial charge is 0.454 e. The standard InChI is InChI=1S/C21H23N3O4/c1-13(2)24-14(3)11-18(15(24)4)19(25)12-28-21(27)16-5-7-17(8-6-16)23-20(26)9-10-22/h5-8,11,13H,9,12H2,1-4H3,(H,23,26). The van der Waals surface area contributed by atoms with E-state index >= 15 is 0 Å². The summed E-state index contributed by atoms with van der Waals surface area (Å²) in [5, 5.41) is 11.0. The molecule has 1 aromatic heterocycles. The maximum absolute atomic E-state index is 12.5. The number of hydrogen-bond acceptors (Lipinski definition) is 5. The number of hydrogen-bond donors (Lipinski definition) is 1. The molecule has 0 aliphatic rings. The van der Waals surface area contributed by atoms with E-state index in [1.165, 1.54) is 24.3 Å². The first-order valence-corrected chi connectivity index (χ1v) is 8.90. The summed E-state index contributed by atoms with van der Waals surface area (Å²) in [6.45, 7) is 7.55. The highest BCUT2D eigenvalue weighted by Gasteiger charge is 2.19. The summed E-state index contributed by atoms with van der Waals surface area (Å²) in [4.78, 5) is 36.0. The van der Waals surface area contributed by atoms with E-state index in [1.807, 2.05) is 33.8 Å². The highest BCUT2D eigenvalue weighted by molar-refractivity contribution is 6.00. The lowest BCUT2D eigenvalue weighted by atomic mass is 10.1. The molecule has 0 radical (unpaired) electrons. The van der Waals surface area contributed by atoms with E-state index in [0.29, 0.717) is 11.3 Å². The van der Waals surface area contributed by atoms with Gasteiger partial charge in [0.05, 0.1) is 11.6 Å². The van der Waals surface area contributed by atoms with Gasteiger partial charge in [-0.3, -0.25) is 9.59 Å². The third-order valence-electron chi connectivity index (χ3n) is 4.28. The van der Waals surface area contributed by atoms with E-state index in [0.717, 1.165) is 11.4 Å². The lowest BCUT2D eigenvalue weighted by Crippen LogP contribution is -2.15. The van der Waals surface area contributed by atoms with Gasteiger partial charge in [-0.15, -0.1) is 0 Å². The fourth-order valence-corrected chi connectivity index (χ4v) is 3.11. The number of esters is 1. The molecule has 7 heteroatoms. The van der Waals surface area contributed by atoms with Gasteiger partial charge >= 0.3 is 5.97 Å². The fourth-order valence-electron chi connectivity index (χ4n) is 3.11. The second kappa shape index (κ2) is 9.00. The number of aryl methyl sites for hydroxylation is 1. The number of amides is 1. The van der Waals surface area contributed by atoms with Crippen molar-refractivity contribution in [3.63, 3.8) is 0 Å². The molecule has 0 unspecified atom stereocenters. The molecule has 0 aliphatic heterocycles. The molecule has 0 spiro atoms. The Kier molecular flexibility index (Phi) is 6.72. The van der Waals surface area contributed by atoms with Crippen molar-refractivity contribution in [3.8, 4) is 6.07 Å². The molecule has 2 rings (SSSR count). The van der Waals surface area contributed by atoms with Crippen LogP contribution in [0.15, 0.2) is 30.3 Å². The third-order valence-corrected chi connectivity index (χ3v) is 4.28. The van der Waals surface area contributed by atoms with Crippen LogP contribution in [-0.2, 0) is 9.53 Å². The average molecular weight is 381 g/mol. The van der Waals surface area contributed by atoms with Crippen LogP contribution in [-0.4, -0.2) is 28.8 Å². The van der Waals surface area contributed by atoms with E-state index in [2.05, 4.69) is 9.88 Å². The summed E-state index contributed by atoms with van der Waals surface area (Å²) in [5.74, 6) is -1.31. The Bertz CT molecular complexity index is 934. The fraction of sp³-hybridized carbons (Fsp3) is 0.333. The van der Waals surface area contributed by atoms with Crippen LogP contribution in [0.2, 0.25) is 0 Å². The molecule has 0 atom stereocenters. The zero-order valence-electron chi connectivity index (χ0n) is 16.4. The molecule has 146 valence electrons. The highest BCUT2D eigenvalue weighted by atomic mass is 16.5. The number of anilines is 1. The van der Waals surface area contributed by atoms with Crippen LogP contribution in [0, 0.1) is 25.2 Å². The van der Waals surface area contributed by atoms with Gasteiger partial charge in [-0.05, 0) is 58.0 Å². The number of ether oxygens (including phenoxy) is 1. The van der Waals surface area contributed by atoms with Crippen molar-refractivity contribution in [2.75, 3.05) is 11.9 Å². The molecule has 1 heterocycles. The Morgan fingerprint density at radius 2 is 1.82 bits per heavy atom. The molecule has 1 amide bonds. The first kappa shape index (κ1) is 20.9. The second-order valence-corrected chi connectivity index (χ2v) is 6.71. The number of rotatable bonds is 7. The summed E-state index contributed by atoms with van der Waals surface area (Å²) >= 11 is 0. The van der Waals surface area contributed by atoms with Gasteiger partial charge in [-0.2, -0.15) is 5.26 Å². The zero-order chi connectivity index (χ0) is 20.8. The van der Waals surface area contributed by atoms with Crippen LogP contribution in [0.4, 0.5) is 5.69 Å². The molecular formula is C21H23N3O4. The topological polar surface area (TPSA) is 101 Å². The number of Topliss-reactive ketones (excluding diaryl/α,β-unsaturated/α-hetero) is 1. The van der Waals surface area contributed by atoms with Crippen molar-refractivity contribution < 1.29 is 19.1 Å². The average Bonchev–Trinajstić information content (AvgIpc) is 2.94. The van der Waals surface area contributed by atoms with Crippen molar-refractivity contribution in [1.82, 2.24) is 4.57 Å². The van der Waals surface area contributed by atoms with Gasteiger partial charge in [0, 0.05) is 28.7 Å². The van der Waals surface area contributed by atoms with Gasteiger partial charge in [0.15, 0.2) is 6.61 Å². The molecule has 0 saturated heterocycles. The number of ketones is 1. The van der Waals surface area contributed by atoms with Crippen LogP contribution < -0.4 is 5.32 Å². The number of nitrogens with zero attached hydrogens (tertiary/aromatic N) is 2. The molecule has 28 heavy (non-hydrogen) atoms. The zero-order valence-corrected chi connectivity index (χ0v) is 16.4. The molecule has 0 saturated carbocycles. The maximum Gasteiger partial charge on any atom is 0.338 e. The number of nitrogens with one attached hydrogen (secondary N) is 1. The van der Waals surface area contributed by atoms with E-state index in [4.69, 9.17) is 10.00 Å². The molecule has 1 N–H and O–H groups in total. The predicted octanol–water partition coefficient (Wildman–Crippen LogP) is 3.58. The first-order valence-electron chi connectivity index (χ1n) is 8.90. The minimum absolute atomic E-state index is 0.233. The van der Waals surface area contributed by atoms with Crippen LogP contribution in [0.25, 0.3) is 0 Å². The molecule has 0 aliphatic carbocycles. The van der Waals surface area contributed by atoms with Gasteiger partial charge in [0.1, 0.15) is 6.42 Å². The van der Waals surface area contributed by atoms with Crippen LogP contribution in [0.1, 0.15) is 58.4 Å². The minimum atomic E-state index is -0.624. The monoisotopic (exact) mass is 381 g/mol. The number of carbonyl (C=O) groups excluding carboxylic acids is 3. The Hall–Kier alpha value is -3.40. The maximum atomic E-state index is 12.5. The van der Waals surface area contributed by atoms with Gasteiger partial charge in [-0.25, -0.2) is 4.79 Å². The van der Waals surface area contributed by atoms with Crippen LogP contribution >= 0.6 is 0 Å². The third kappa shape index (κ3) is 4.86. The normalized spacial score (nSPS) is 10.4. The van der Waals surface area contributed by atoms with E-state index in [-0.39, 0.29) is 30.4 Å². The summed E-state index contributed by atoms with van der Waals surface area (Å²) in [5.41, 5.74) is 3.12. The summed E-state index contributed by atoms with van der Waals surface area (Å²) < 4.78 is 7.20. The molecule has 0 fully saturated rings. The number of nitriles is 1. The molecule has 0 bridgehead atoms. The minimum Gasteiger partial charge on any atom is -0.454 e. The summed E-state index contributed by atoms with van der Waals surface area (Å²) in [6.07, 6.45) is -0.247. The molecule has 1 aromatic carbocycles. The van der Waals surface area contributed by atoms with Gasteiger partial charge in [0.25, 0.3) is 0 Å². The van der Waals surface area contributed by atoms with Crippen molar-refractivity contribution in [1.29, 1.82) is 5.26 Å². The van der Waals surface area contributed by atoms with Crippen molar-refractivity contribution >= 4 is 23.3 Å². The number of carbonyl (C=O) groups is 3. The highest BCUT2D eigenvalue weighted by Crippen LogP contribution is 2.20. The Labute approximate surface area is 163 Å². The van der Waals surface area contributed by atoms with Crippen molar-refractivity contribution in [2.24, 2.45) is 0 Å². The Morgan fingerprint density at radius 1 is 1.18 bits per heavy atom. The van der Waals surface area contributed by atoms with Gasteiger partial charge in [0.2, 0.25) is 11.7 Å². The summed E-state index contributed by atoms with van der Waals surface area (Å²) in [7, 11) is 0. The van der Waals surface area contributed by atoms with Crippen molar-refractivity contribution in [3.05, 3.63) is 52.8 Å². The predicted molar refractivity (Wildman–Crippen MR) is 104 cm³/mol. The quantitative estimate of drug-likeness (QED) is 0.583. The van der Waals surface area contributed by atoms with Crippen LogP contribution in [0.5, 0.6) is 0 Å². The lowest BCUT2D eigenvalue weighted by molar-refractivity contribution is -0.115.